The zero-order valence-corrected chi connectivity index (χ0v) is 11.9. The number of hydrogen-bond donors (Lipinski definition) is 2. The Kier molecular flexibility index (Phi) is 3.70. The zero-order valence-electron chi connectivity index (χ0n) is 11.9. The van der Waals surface area contributed by atoms with Gasteiger partial charge in [-0.1, -0.05) is 42.5 Å². The van der Waals surface area contributed by atoms with Crippen molar-refractivity contribution in [3.63, 3.8) is 0 Å². The maximum Gasteiger partial charge on any atom is 0.275 e. The first kappa shape index (κ1) is 13.1. The van der Waals surface area contributed by atoms with E-state index in [2.05, 4.69) is 54.8 Å². The molecule has 1 fully saturated rings. The van der Waals surface area contributed by atoms with Crippen molar-refractivity contribution < 1.29 is 9.69 Å². The van der Waals surface area contributed by atoms with Crippen molar-refractivity contribution in [1.29, 1.82) is 0 Å². The first-order valence-electron chi connectivity index (χ1n) is 7.29. The second kappa shape index (κ2) is 5.63. The van der Waals surface area contributed by atoms with Crippen LogP contribution in [-0.2, 0) is 11.3 Å². The van der Waals surface area contributed by atoms with Crippen LogP contribution < -0.4 is 10.2 Å². The lowest BCUT2D eigenvalue weighted by Crippen LogP contribution is -3.08. The van der Waals surface area contributed by atoms with Gasteiger partial charge < -0.3 is 10.2 Å². The van der Waals surface area contributed by atoms with Crippen molar-refractivity contribution in [2.24, 2.45) is 0 Å². The number of benzene rings is 2. The molecule has 0 heterocycles. The summed E-state index contributed by atoms with van der Waals surface area (Å²) in [6.07, 6.45) is 2.29. The van der Waals surface area contributed by atoms with Crippen molar-refractivity contribution in [2.45, 2.75) is 25.4 Å². The van der Waals surface area contributed by atoms with E-state index in [-0.39, 0.29) is 5.91 Å². The summed E-state index contributed by atoms with van der Waals surface area (Å²) in [6.45, 7) is 1.42. The summed E-state index contributed by atoms with van der Waals surface area (Å²) in [5, 5.41) is 5.60. The molecule has 3 nitrogen and oxygen atoms in total. The third-order valence-corrected chi connectivity index (χ3v) is 3.78. The van der Waals surface area contributed by atoms with E-state index in [9.17, 15) is 4.79 Å². The molecule has 0 bridgehead atoms. The molecule has 1 unspecified atom stereocenters. The first-order valence-corrected chi connectivity index (χ1v) is 7.29. The number of quaternary nitrogens is 1. The Labute approximate surface area is 119 Å². The van der Waals surface area contributed by atoms with E-state index in [4.69, 9.17) is 0 Å². The largest absolute Gasteiger partial charge is 0.348 e. The molecule has 0 aromatic heterocycles. The number of nitrogens with one attached hydrogen (secondary N) is 2. The van der Waals surface area contributed by atoms with Gasteiger partial charge in [-0.2, -0.15) is 0 Å². The minimum atomic E-state index is 0.172. The summed E-state index contributed by atoms with van der Waals surface area (Å²) in [6, 6.07) is 15.3. The lowest BCUT2D eigenvalue weighted by molar-refractivity contribution is -0.885. The lowest BCUT2D eigenvalue weighted by atomic mass is 10.0. The minimum Gasteiger partial charge on any atom is -0.348 e. The highest BCUT2D eigenvalue weighted by Gasteiger charge is 2.24. The van der Waals surface area contributed by atoms with Crippen LogP contribution >= 0.6 is 0 Å². The highest BCUT2D eigenvalue weighted by molar-refractivity contribution is 5.85. The molecule has 104 valence electrons. The van der Waals surface area contributed by atoms with E-state index >= 15 is 0 Å². The van der Waals surface area contributed by atoms with Gasteiger partial charge in [0.25, 0.3) is 5.91 Å². The van der Waals surface area contributed by atoms with Crippen LogP contribution in [0, 0.1) is 0 Å². The Morgan fingerprint density at radius 3 is 2.75 bits per heavy atom. The van der Waals surface area contributed by atoms with Crippen LogP contribution in [0.25, 0.3) is 10.8 Å². The number of hydrogen-bond acceptors (Lipinski definition) is 1. The van der Waals surface area contributed by atoms with E-state index in [0.717, 1.165) is 19.4 Å². The Balaban J connectivity index is 1.67. The summed E-state index contributed by atoms with van der Waals surface area (Å²) in [5.41, 5.74) is 1.31. The molecule has 1 atom stereocenters. The number of carbonyl (C=O) groups excluding carboxylic acids is 1. The molecule has 1 aliphatic carbocycles. The number of fused-ring (bicyclic) bond motifs is 1. The average molecular weight is 269 g/mol. The molecular formula is C17H21N2O+. The van der Waals surface area contributed by atoms with Crippen molar-refractivity contribution in [1.82, 2.24) is 5.32 Å². The quantitative estimate of drug-likeness (QED) is 0.838. The minimum absolute atomic E-state index is 0.172. The second-order valence-corrected chi connectivity index (χ2v) is 5.79. The first-order chi connectivity index (χ1) is 9.72. The molecule has 2 aromatic rings. The van der Waals surface area contributed by atoms with Gasteiger partial charge in [-0.25, -0.2) is 0 Å². The van der Waals surface area contributed by atoms with E-state index in [0.29, 0.717) is 12.6 Å². The van der Waals surface area contributed by atoms with Gasteiger partial charge in [0.2, 0.25) is 0 Å². The van der Waals surface area contributed by atoms with Crippen molar-refractivity contribution in [3.8, 4) is 0 Å². The monoisotopic (exact) mass is 269 g/mol. The van der Waals surface area contributed by atoms with Crippen LogP contribution in [0.4, 0.5) is 0 Å². The van der Waals surface area contributed by atoms with Gasteiger partial charge in [-0.05, 0) is 23.6 Å². The average Bonchev–Trinajstić information content (AvgIpc) is 3.22. The molecule has 3 heteroatoms. The fourth-order valence-electron chi connectivity index (χ4n) is 2.61. The highest BCUT2D eigenvalue weighted by atomic mass is 16.2. The van der Waals surface area contributed by atoms with Gasteiger partial charge in [0, 0.05) is 11.6 Å². The summed E-state index contributed by atoms with van der Waals surface area (Å²) in [7, 11) is 2.08. The van der Waals surface area contributed by atoms with Gasteiger partial charge >= 0.3 is 0 Å². The Bertz CT molecular complexity index is 614. The molecule has 20 heavy (non-hydrogen) atoms. The Morgan fingerprint density at radius 2 is 1.95 bits per heavy atom. The summed E-state index contributed by atoms with van der Waals surface area (Å²) < 4.78 is 0. The van der Waals surface area contributed by atoms with E-state index in [1.54, 1.807) is 0 Å². The molecule has 1 saturated carbocycles. The van der Waals surface area contributed by atoms with Crippen LogP contribution in [0.2, 0.25) is 0 Å². The van der Waals surface area contributed by atoms with Crippen LogP contribution in [-0.4, -0.2) is 25.5 Å². The van der Waals surface area contributed by atoms with Crippen molar-refractivity contribution in [2.75, 3.05) is 13.6 Å². The molecule has 0 aliphatic heterocycles. The molecule has 2 aromatic carbocycles. The standard InChI is InChI=1S/C17H20N2O/c1-19(12-17(20)18-15-9-10-15)11-14-7-4-6-13-5-2-3-8-16(13)14/h2-8,15H,9-12H2,1H3,(H,18,20)/p+1. The second-order valence-electron chi connectivity index (χ2n) is 5.79. The molecule has 2 N–H and O–H groups in total. The molecular weight excluding hydrogens is 248 g/mol. The van der Waals surface area contributed by atoms with E-state index < -0.39 is 0 Å². The van der Waals surface area contributed by atoms with Gasteiger partial charge in [0.05, 0.1) is 7.05 Å². The molecule has 0 spiro atoms. The van der Waals surface area contributed by atoms with Gasteiger partial charge in [0.15, 0.2) is 6.54 Å². The third-order valence-electron chi connectivity index (χ3n) is 3.78. The number of amides is 1. The number of rotatable bonds is 5. The Hall–Kier alpha value is -1.87. The molecule has 1 aliphatic rings. The van der Waals surface area contributed by atoms with Crippen LogP contribution in [0.15, 0.2) is 42.5 Å². The maximum absolute atomic E-state index is 11.8. The van der Waals surface area contributed by atoms with E-state index in [1.165, 1.54) is 21.2 Å². The summed E-state index contributed by atoms with van der Waals surface area (Å²) in [4.78, 5) is 13.0. The predicted molar refractivity (Wildman–Crippen MR) is 80.6 cm³/mol. The van der Waals surface area contributed by atoms with Crippen LogP contribution in [0.5, 0.6) is 0 Å². The van der Waals surface area contributed by atoms with Crippen LogP contribution in [0.3, 0.4) is 0 Å². The summed E-state index contributed by atoms with van der Waals surface area (Å²) >= 11 is 0. The molecule has 1 amide bonds. The normalized spacial score (nSPS) is 16.1. The number of likely N-dealkylation sites (N-methyl/N-ethyl adjacent to an activating group) is 1. The van der Waals surface area contributed by atoms with Gasteiger partial charge in [-0.15, -0.1) is 0 Å². The van der Waals surface area contributed by atoms with Gasteiger partial charge in [-0.3, -0.25) is 4.79 Å². The van der Waals surface area contributed by atoms with Crippen molar-refractivity contribution in [3.05, 3.63) is 48.0 Å². The molecule has 0 radical (unpaired) electrons. The zero-order chi connectivity index (χ0) is 13.9. The third kappa shape index (κ3) is 3.17. The number of carbonyl (C=O) groups is 1. The van der Waals surface area contributed by atoms with E-state index in [1.807, 2.05) is 0 Å². The van der Waals surface area contributed by atoms with Crippen molar-refractivity contribution >= 4 is 16.7 Å². The Morgan fingerprint density at radius 1 is 1.20 bits per heavy atom. The maximum atomic E-state index is 11.8. The smallest absolute Gasteiger partial charge is 0.275 e. The summed E-state index contributed by atoms with van der Waals surface area (Å²) in [5.74, 6) is 0.172. The topological polar surface area (TPSA) is 33.5 Å². The fourth-order valence-corrected chi connectivity index (χ4v) is 2.61. The highest BCUT2D eigenvalue weighted by Crippen LogP contribution is 2.18. The predicted octanol–water partition coefficient (Wildman–Crippen LogP) is 1.13. The fraction of sp³-hybridized carbons (Fsp3) is 0.353. The van der Waals surface area contributed by atoms with Gasteiger partial charge in [0.1, 0.15) is 6.54 Å². The molecule has 3 rings (SSSR count). The SMILES string of the molecule is C[NH+](CC(=O)NC1CC1)Cc1cccc2ccccc12. The lowest BCUT2D eigenvalue weighted by Gasteiger charge is -2.15. The molecule has 0 saturated heterocycles. The van der Waals surface area contributed by atoms with Crippen LogP contribution in [0.1, 0.15) is 18.4 Å².